The zero-order valence-electron chi connectivity index (χ0n) is 21.0. The minimum atomic E-state index is -1.59. The molecule has 206 valence electrons. The molecule has 0 amide bonds. The fraction of sp³-hybridized carbons (Fsp3) is 0.481. The van der Waals surface area contributed by atoms with Gasteiger partial charge < -0.3 is 20.4 Å². The second-order valence-corrected chi connectivity index (χ2v) is 13.3. The lowest BCUT2D eigenvalue weighted by molar-refractivity contribution is -0.0709. The van der Waals surface area contributed by atoms with E-state index in [1.807, 2.05) is 31.2 Å². The maximum absolute atomic E-state index is 13.8. The van der Waals surface area contributed by atoms with Crippen LogP contribution in [0.2, 0.25) is 0 Å². The van der Waals surface area contributed by atoms with Crippen molar-refractivity contribution in [1.29, 1.82) is 0 Å². The third-order valence-corrected chi connectivity index (χ3v) is 11.5. The summed E-state index contributed by atoms with van der Waals surface area (Å²) in [6.07, 6.45) is 0.179. The Labute approximate surface area is 221 Å². The van der Waals surface area contributed by atoms with Crippen molar-refractivity contribution in [2.24, 2.45) is 5.92 Å². The van der Waals surface area contributed by atoms with E-state index in [2.05, 4.69) is 17.2 Å². The Morgan fingerprint density at radius 1 is 1.13 bits per heavy atom. The van der Waals surface area contributed by atoms with Crippen molar-refractivity contribution in [3.05, 3.63) is 71.2 Å². The Morgan fingerprint density at radius 2 is 1.79 bits per heavy atom. The average molecular weight is 552 g/mol. The number of thiol groups is 1. The molecule has 0 spiro atoms. The monoisotopic (exact) mass is 551 g/mol. The number of aliphatic hydroxyl groups is 4. The molecule has 38 heavy (non-hydrogen) atoms. The number of aliphatic hydroxyl groups excluding tert-OH is 3. The topological polar surface area (TPSA) is 112 Å². The normalized spacial score (nSPS) is 33.1. The molecule has 1 aromatic heterocycles. The smallest absolute Gasteiger partial charge is 0.194 e. The van der Waals surface area contributed by atoms with Crippen LogP contribution in [0.5, 0.6) is 0 Å². The number of benzene rings is 2. The quantitative estimate of drug-likeness (QED) is 0.238. The van der Waals surface area contributed by atoms with E-state index in [1.165, 1.54) is 10.9 Å². The van der Waals surface area contributed by atoms with E-state index < -0.39 is 57.4 Å². The molecule has 6 atom stereocenters. The van der Waals surface area contributed by atoms with Crippen LogP contribution >= 0.6 is 10.9 Å². The molecule has 2 unspecified atom stereocenters. The summed E-state index contributed by atoms with van der Waals surface area (Å²) in [4.78, 5) is 0. The molecule has 0 bridgehead atoms. The zero-order chi connectivity index (χ0) is 27.4. The maximum Gasteiger partial charge on any atom is 0.194 e. The highest BCUT2D eigenvalue weighted by Crippen LogP contribution is 2.62. The average Bonchev–Trinajstić information content (AvgIpc) is 3.32. The van der Waals surface area contributed by atoms with Crippen molar-refractivity contribution in [3.8, 4) is 11.3 Å². The first-order chi connectivity index (χ1) is 18.0. The standard InChI is InChI=1S/C27H32F3N3O4S/c1-14-9-27(37,10-14)26(17-6-4-3-5-15(17)2)38-13-21(35)24(25(36)22(38)12-34)33-11-20(31-32-33)16-7-18(28)23(30)19(29)8-16/h3-8,11,14,21-22,24-26,34-38H,9-10,12-13H2,1-2H3/t14?,21-,22+,24-,25-,26?,27?/m0/s1. The SMILES string of the molecule is Cc1ccccc1C([SH]1C[C@H](O)[C@H](n2cc(-c3cc(F)c(F)c(F)c3)nn2)[C@@H](O)[C@H]1CO)C1(O)CC(C)C1. The fourth-order valence-electron chi connectivity index (χ4n) is 6.25. The van der Waals surface area contributed by atoms with Crippen molar-refractivity contribution in [1.82, 2.24) is 15.0 Å². The van der Waals surface area contributed by atoms with Gasteiger partial charge in [-0.05, 0) is 48.9 Å². The van der Waals surface area contributed by atoms with E-state index in [9.17, 15) is 33.6 Å². The first-order valence-corrected chi connectivity index (χ1v) is 14.3. The number of hydrogen-bond donors (Lipinski definition) is 5. The minimum absolute atomic E-state index is 0.0335. The minimum Gasteiger partial charge on any atom is -0.395 e. The van der Waals surface area contributed by atoms with Crippen molar-refractivity contribution < 1.29 is 33.6 Å². The summed E-state index contributed by atoms with van der Waals surface area (Å²) in [6.45, 7) is 3.68. The maximum atomic E-state index is 13.8. The third kappa shape index (κ3) is 4.64. The molecule has 4 N–H and O–H groups in total. The zero-order valence-corrected chi connectivity index (χ0v) is 21.9. The Hall–Kier alpha value is -2.44. The van der Waals surface area contributed by atoms with Crippen LogP contribution in [0.3, 0.4) is 0 Å². The lowest BCUT2D eigenvalue weighted by Crippen LogP contribution is -2.55. The first-order valence-electron chi connectivity index (χ1n) is 12.6. The Balaban J connectivity index is 1.48. The Morgan fingerprint density at radius 3 is 2.39 bits per heavy atom. The predicted octanol–water partition coefficient (Wildman–Crippen LogP) is 3.21. The highest BCUT2D eigenvalue weighted by Gasteiger charge is 2.54. The van der Waals surface area contributed by atoms with Gasteiger partial charge in [-0.15, -0.1) is 5.10 Å². The molecular formula is C27H32F3N3O4S. The number of halogens is 3. The number of aromatic nitrogens is 3. The second-order valence-electron chi connectivity index (χ2n) is 10.7. The van der Waals surface area contributed by atoms with Crippen LogP contribution in [0.25, 0.3) is 11.3 Å². The molecule has 1 aliphatic carbocycles. The molecule has 2 fully saturated rings. The molecule has 1 aliphatic heterocycles. The van der Waals surface area contributed by atoms with E-state index >= 15 is 0 Å². The number of hydrogen-bond acceptors (Lipinski definition) is 6. The molecule has 2 aliphatic rings. The number of rotatable bonds is 6. The van der Waals surface area contributed by atoms with Crippen LogP contribution in [0.4, 0.5) is 13.2 Å². The number of nitrogens with zero attached hydrogens (tertiary/aromatic N) is 3. The van der Waals surface area contributed by atoms with Crippen molar-refractivity contribution in [2.75, 3.05) is 12.4 Å². The highest BCUT2D eigenvalue weighted by molar-refractivity contribution is 8.18. The Bertz CT molecular complexity index is 1300. The lowest BCUT2D eigenvalue weighted by atomic mass is 9.68. The summed E-state index contributed by atoms with van der Waals surface area (Å²) >= 11 is 0. The van der Waals surface area contributed by atoms with Gasteiger partial charge >= 0.3 is 0 Å². The fourth-order valence-corrected chi connectivity index (χ4v) is 10.0. The van der Waals surface area contributed by atoms with Gasteiger partial charge in [0.25, 0.3) is 0 Å². The van der Waals surface area contributed by atoms with E-state index in [0.717, 1.165) is 23.3 Å². The largest absolute Gasteiger partial charge is 0.395 e. The summed E-state index contributed by atoms with van der Waals surface area (Å²) in [5.41, 5.74) is 0.928. The van der Waals surface area contributed by atoms with Crippen LogP contribution in [0, 0.1) is 30.3 Å². The summed E-state index contributed by atoms with van der Waals surface area (Å²) in [5, 5.41) is 51.8. The predicted molar refractivity (Wildman–Crippen MR) is 138 cm³/mol. The van der Waals surface area contributed by atoms with Gasteiger partial charge in [0.2, 0.25) is 0 Å². The molecule has 0 radical (unpaired) electrons. The number of aryl methyl sites for hydroxylation is 1. The molecule has 5 rings (SSSR count). The van der Waals surface area contributed by atoms with Crippen molar-refractivity contribution in [2.45, 2.75) is 61.0 Å². The highest BCUT2D eigenvalue weighted by atomic mass is 32.2. The van der Waals surface area contributed by atoms with Crippen molar-refractivity contribution >= 4 is 10.9 Å². The molecule has 1 saturated heterocycles. The van der Waals surface area contributed by atoms with Crippen LogP contribution < -0.4 is 0 Å². The molecule has 1 saturated carbocycles. The van der Waals surface area contributed by atoms with Gasteiger partial charge in [-0.1, -0.05) is 36.4 Å². The Kier molecular flexibility index (Phi) is 7.34. The van der Waals surface area contributed by atoms with E-state index in [4.69, 9.17) is 0 Å². The molecule has 2 aromatic carbocycles. The van der Waals surface area contributed by atoms with Crippen LogP contribution in [-0.4, -0.2) is 70.8 Å². The van der Waals surface area contributed by atoms with Gasteiger partial charge in [-0.2, -0.15) is 0 Å². The van der Waals surface area contributed by atoms with Gasteiger partial charge in [-0.25, -0.2) is 28.7 Å². The van der Waals surface area contributed by atoms with Gasteiger partial charge in [0.15, 0.2) is 17.5 Å². The lowest BCUT2D eigenvalue weighted by Gasteiger charge is -2.56. The second kappa shape index (κ2) is 10.3. The molecule has 11 heteroatoms. The summed E-state index contributed by atoms with van der Waals surface area (Å²) in [5.74, 6) is -3.76. The third-order valence-electron chi connectivity index (χ3n) is 7.97. The van der Waals surface area contributed by atoms with Crippen molar-refractivity contribution in [3.63, 3.8) is 0 Å². The van der Waals surface area contributed by atoms with Gasteiger partial charge in [0.1, 0.15) is 11.7 Å². The summed E-state index contributed by atoms with van der Waals surface area (Å²) in [6, 6.07) is 8.35. The molecule has 7 nitrogen and oxygen atoms in total. The van der Waals surface area contributed by atoms with E-state index in [-0.39, 0.29) is 28.9 Å². The van der Waals surface area contributed by atoms with E-state index in [0.29, 0.717) is 18.8 Å². The van der Waals surface area contributed by atoms with Crippen LogP contribution in [0.1, 0.15) is 42.2 Å². The summed E-state index contributed by atoms with van der Waals surface area (Å²) < 4.78 is 42.1. The first kappa shape index (κ1) is 27.1. The van der Waals surface area contributed by atoms with Gasteiger partial charge in [0.05, 0.1) is 30.6 Å². The van der Waals surface area contributed by atoms with Gasteiger partial charge in [-0.3, -0.25) is 0 Å². The summed E-state index contributed by atoms with van der Waals surface area (Å²) in [7, 11) is -1.30. The van der Waals surface area contributed by atoms with E-state index in [1.54, 1.807) is 0 Å². The molecular weight excluding hydrogens is 519 g/mol. The van der Waals surface area contributed by atoms with Crippen LogP contribution in [0.15, 0.2) is 42.6 Å². The van der Waals surface area contributed by atoms with Gasteiger partial charge in [0, 0.05) is 21.8 Å². The molecule has 3 aromatic rings. The van der Waals surface area contributed by atoms with Crippen LogP contribution in [-0.2, 0) is 0 Å². The molecule has 2 heterocycles.